The Morgan fingerprint density at radius 1 is 1.05 bits per heavy atom. The maximum atomic E-state index is 9.31. The van der Waals surface area contributed by atoms with Crippen LogP contribution in [0, 0.1) is 0 Å². The third-order valence-electron chi connectivity index (χ3n) is 3.80. The summed E-state index contributed by atoms with van der Waals surface area (Å²) in [4.78, 5) is 4.70. The minimum absolute atomic E-state index is 0.0906. The predicted octanol–water partition coefficient (Wildman–Crippen LogP) is 3.71. The number of rotatable bonds is 3. The van der Waals surface area contributed by atoms with Gasteiger partial charge < -0.3 is 9.67 Å². The number of halogens is 1. The quantitative estimate of drug-likeness (QED) is 0.608. The first-order valence-electron chi connectivity index (χ1n) is 7.11. The van der Waals surface area contributed by atoms with Gasteiger partial charge in [0.2, 0.25) is 5.78 Å². The van der Waals surface area contributed by atoms with E-state index >= 15 is 0 Å². The number of nitrogens with zero attached hydrogens (tertiary/aromatic N) is 3. The van der Waals surface area contributed by atoms with Gasteiger partial charge in [0.15, 0.2) is 0 Å². The minimum atomic E-state index is 0.0906. The molecule has 0 saturated carbocycles. The summed E-state index contributed by atoms with van der Waals surface area (Å²) in [6.07, 6.45) is 2.05. The summed E-state index contributed by atoms with van der Waals surface area (Å²) in [5.41, 5.74) is 4.23. The zero-order valence-electron chi connectivity index (χ0n) is 11.8. The van der Waals surface area contributed by atoms with Gasteiger partial charge in [-0.2, -0.15) is 0 Å². The van der Waals surface area contributed by atoms with Crippen molar-refractivity contribution >= 4 is 32.7 Å². The molecule has 110 valence electrons. The molecule has 0 fully saturated rings. The van der Waals surface area contributed by atoms with Crippen molar-refractivity contribution in [3.63, 3.8) is 0 Å². The van der Waals surface area contributed by atoms with Crippen LogP contribution in [0.15, 0.2) is 59.2 Å². The summed E-state index contributed by atoms with van der Waals surface area (Å²) < 4.78 is 5.20. The van der Waals surface area contributed by atoms with Gasteiger partial charge in [0.25, 0.3) is 0 Å². The molecule has 0 aliphatic carbocycles. The lowest BCUT2D eigenvalue weighted by Gasteiger charge is -2.01. The topological polar surface area (TPSA) is 42.5 Å². The van der Waals surface area contributed by atoms with Gasteiger partial charge in [0, 0.05) is 22.8 Å². The molecule has 2 heterocycles. The summed E-state index contributed by atoms with van der Waals surface area (Å²) >= 11 is 3.47. The van der Waals surface area contributed by atoms with E-state index in [9.17, 15) is 5.11 Å². The Labute approximate surface area is 135 Å². The van der Waals surface area contributed by atoms with Crippen molar-refractivity contribution in [1.82, 2.24) is 14.0 Å². The first kappa shape index (κ1) is 13.5. The van der Waals surface area contributed by atoms with Gasteiger partial charge in [0.1, 0.15) is 0 Å². The average molecular weight is 356 g/mol. The van der Waals surface area contributed by atoms with Crippen LogP contribution in [0.5, 0.6) is 0 Å². The molecular weight excluding hydrogens is 342 g/mol. The highest BCUT2D eigenvalue weighted by molar-refractivity contribution is 9.10. The second-order valence-electron chi connectivity index (χ2n) is 5.17. The lowest BCUT2D eigenvalue weighted by Crippen LogP contribution is -2.00. The molecule has 22 heavy (non-hydrogen) atoms. The molecule has 4 nitrogen and oxygen atoms in total. The van der Waals surface area contributed by atoms with Crippen LogP contribution < -0.4 is 0 Å². The molecule has 2 aromatic carbocycles. The van der Waals surface area contributed by atoms with Crippen molar-refractivity contribution in [2.45, 2.75) is 6.54 Å². The monoisotopic (exact) mass is 355 g/mol. The summed E-state index contributed by atoms with van der Waals surface area (Å²) in [6.45, 7) is 0.622. The van der Waals surface area contributed by atoms with Crippen molar-refractivity contribution < 1.29 is 5.11 Å². The van der Waals surface area contributed by atoms with Crippen LogP contribution >= 0.6 is 15.9 Å². The fourth-order valence-electron chi connectivity index (χ4n) is 2.80. The van der Waals surface area contributed by atoms with Crippen molar-refractivity contribution in [3.05, 3.63) is 59.2 Å². The summed E-state index contributed by atoms with van der Waals surface area (Å²) in [5, 5.41) is 9.31. The van der Waals surface area contributed by atoms with Crippen molar-refractivity contribution in [2.75, 3.05) is 6.61 Å². The predicted molar refractivity (Wildman–Crippen MR) is 90.9 cm³/mol. The van der Waals surface area contributed by atoms with Crippen molar-refractivity contribution in [1.29, 1.82) is 0 Å². The summed E-state index contributed by atoms with van der Waals surface area (Å²) in [6, 6.07) is 16.3. The number of fused-ring (bicyclic) bond motifs is 3. The lowest BCUT2D eigenvalue weighted by atomic mass is 10.2. The molecule has 0 unspecified atom stereocenters. The van der Waals surface area contributed by atoms with E-state index in [-0.39, 0.29) is 6.61 Å². The Hall–Kier alpha value is -2.11. The van der Waals surface area contributed by atoms with E-state index in [0.29, 0.717) is 6.54 Å². The number of benzene rings is 2. The molecule has 0 aliphatic rings. The van der Waals surface area contributed by atoms with Gasteiger partial charge >= 0.3 is 0 Å². The SMILES string of the molecule is OCCn1cc(-c2ccc(Br)cc2)n2c3ccccc3nc12. The zero-order valence-corrected chi connectivity index (χ0v) is 13.4. The number of imidazole rings is 2. The van der Waals surface area contributed by atoms with E-state index in [1.807, 2.05) is 41.1 Å². The number of aliphatic hydroxyl groups excluding tert-OH is 1. The van der Waals surface area contributed by atoms with E-state index in [1.54, 1.807) is 0 Å². The van der Waals surface area contributed by atoms with Crippen LogP contribution in [0.3, 0.4) is 0 Å². The molecule has 0 bridgehead atoms. The average Bonchev–Trinajstić information content (AvgIpc) is 3.07. The van der Waals surface area contributed by atoms with Crippen molar-refractivity contribution in [2.24, 2.45) is 0 Å². The van der Waals surface area contributed by atoms with Gasteiger partial charge in [-0.15, -0.1) is 0 Å². The molecule has 1 N–H and O–H groups in total. The maximum Gasteiger partial charge on any atom is 0.215 e. The molecular formula is C17H14BrN3O. The highest BCUT2D eigenvalue weighted by Gasteiger charge is 2.15. The molecule has 0 amide bonds. The van der Waals surface area contributed by atoms with Gasteiger partial charge in [-0.1, -0.05) is 40.2 Å². The molecule has 4 rings (SSSR count). The van der Waals surface area contributed by atoms with Gasteiger partial charge in [-0.05, 0) is 24.3 Å². The Bertz CT molecular complexity index is 953. The van der Waals surface area contributed by atoms with Crippen LogP contribution in [0.4, 0.5) is 0 Å². The molecule has 0 aliphatic heterocycles. The van der Waals surface area contributed by atoms with E-state index < -0.39 is 0 Å². The number of hydrogen-bond donors (Lipinski definition) is 1. The van der Waals surface area contributed by atoms with E-state index in [4.69, 9.17) is 4.98 Å². The van der Waals surface area contributed by atoms with E-state index in [1.165, 1.54) is 0 Å². The highest BCUT2D eigenvalue weighted by Crippen LogP contribution is 2.28. The Kier molecular flexibility index (Phi) is 3.24. The first-order valence-corrected chi connectivity index (χ1v) is 7.90. The molecule has 0 radical (unpaired) electrons. The van der Waals surface area contributed by atoms with Crippen LogP contribution in [0.2, 0.25) is 0 Å². The Morgan fingerprint density at radius 3 is 2.59 bits per heavy atom. The maximum absolute atomic E-state index is 9.31. The van der Waals surface area contributed by atoms with Gasteiger partial charge in [-0.25, -0.2) is 4.98 Å². The Morgan fingerprint density at radius 2 is 1.82 bits per heavy atom. The summed E-state index contributed by atoms with van der Waals surface area (Å²) in [7, 11) is 0. The van der Waals surface area contributed by atoms with E-state index in [0.717, 1.165) is 32.5 Å². The lowest BCUT2D eigenvalue weighted by molar-refractivity contribution is 0.277. The van der Waals surface area contributed by atoms with Crippen LogP contribution in [0.1, 0.15) is 0 Å². The molecule has 0 saturated heterocycles. The number of para-hydroxylation sites is 2. The molecule has 2 aromatic heterocycles. The van der Waals surface area contributed by atoms with Crippen LogP contribution in [-0.4, -0.2) is 25.7 Å². The van der Waals surface area contributed by atoms with Gasteiger partial charge in [0.05, 0.1) is 23.3 Å². The van der Waals surface area contributed by atoms with Crippen molar-refractivity contribution in [3.8, 4) is 11.3 Å². The molecule has 5 heteroatoms. The zero-order chi connectivity index (χ0) is 15.1. The number of hydrogen-bond acceptors (Lipinski definition) is 2. The third kappa shape index (κ3) is 2.05. The highest BCUT2D eigenvalue weighted by atomic mass is 79.9. The second kappa shape index (κ2) is 5.26. The van der Waals surface area contributed by atoms with E-state index in [2.05, 4.69) is 38.5 Å². The fraction of sp³-hybridized carbons (Fsp3) is 0.118. The third-order valence-corrected chi connectivity index (χ3v) is 4.33. The number of aromatic nitrogens is 3. The minimum Gasteiger partial charge on any atom is -0.395 e. The first-order chi connectivity index (χ1) is 10.8. The fourth-order valence-corrected chi connectivity index (χ4v) is 3.07. The molecule has 0 atom stereocenters. The Balaban J connectivity index is 2.06. The van der Waals surface area contributed by atoms with Crippen LogP contribution in [0.25, 0.3) is 28.1 Å². The normalized spacial score (nSPS) is 11.5. The van der Waals surface area contributed by atoms with Gasteiger partial charge in [-0.3, -0.25) is 4.40 Å². The second-order valence-corrected chi connectivity index (χ2v) is 6.09. The standard InChI is InChI=1S/C17H14BrN3O/c18-13-7-5-12(6-8-13)16-11-20(9-10-22)17-19-14-3-1-2-4-15(14)21(16)17/h1-8,11,22H,9-10H2. The van der Waals surface area contributed by atoms with Crippen LogP contribution in [-0.2, 0) is 6.54 Å². The summed E-state index contributed by atoms with van der Waals surface area (Å²) in [5.74, 6) is 0.855. The molecule has 0 spiro atoms. The molecule has 4 aromatic rings. The largest absolute Gasteiger partial charge is 0.395 e. The number of aliphatic hydroxyl groups is 1. The smallest absolute Gasteiger partial charge is 0.215 e.